The molecule has 7 heteroatoms. The summed E-state index contributed by atoms with van der Waals surface area (Å²) in [7, 11) is 0. The fourth-order valence-corrected chi connectivity index (χ4v) is 1.77. The molecule has 2 amide bonds. The Labute approximate surface area is 128 Å². The molecule has 0 unspecified atom stereocenters. The van der Waals surface area contributed by atoms with Crippen LogP contribution in [0.5, 0.6) is 0 Å². The molecule has 0 saturated carbocycles. The normalized spacial score (nSPS) is 12.5. The molecule has 1 aromatic rings. The van der Waals surface area contributed by atoms with Crippen LogP contribution in [0.4, 0.5) is 0 Å². The topological polar surface area (TPSA) is 110 Å². The number of halogens is 1. The third-order valence-electron chi connectivity index (χ3n) is 2.80. The zero-order valence-electron chi connectivity index (χ0n) is 11.5. The van der Waals surface area contributed by atoms with Crippen LogP contribution in [0.15, 0.2) is 41.7 Å². The van der Waals surface area contributed by atoms with Crippen molar-refractivity contribution in [1.82, 2.24) is 10.6 Å². The van der Waals surface area contributed by atoms with E-state index in [1.54, 1.807) is 24.3 Å². The Kier molecular flexibility index (Phi) is 7.11. The SMILES string of the molecule is NC(=O)[C@H](CCCN/C(N)=C/Cl)NC(=O)c1ccccc1. The van der Waals surface area contributed by atoms with E-state index in [1.807, 2.05) is 6.07 Å². The summed E-state index contributed by atoms with van der Waals surface area (Å²) in [6, 6.07) is 7.92. The zero-order chi connectivity index (χ0) is 15.7. The maximum Gasteiger partial charge on any atom is 0.251 e. The molecule has 0 radical (unpaired) electrons. The number of primary amides is 1. The van der Waals surface area contributed by atoms with Crippen LogP contribution in [-0.4, -0.2) is 24.4 Å². The number of benzene rings is 1. The first-order chi connectivity index (χ1) is 10.0. The predicted molar refractivity (Wildman–Crippen MR) is 82.3 cm³/mol. The fourth-order valence-electron chi connectivity index (χ4n) is 1.69. The molecule has 0 fully saturated rings. The van der Waals surface area contributed by atoms with Crippen LogP contribution in [0.25, 0.3) is 0 Å². The highest BCUT2D eigenvalue weighted by Crippen LogP contribution is 2.02. The smallest absolute Gasteiger partial charge is 0.251 e. The fraction of sp³-hybridized carbons (Fsp3) is 0.286. The molecule has 0 bridgehead atoms. The van der Waals surface area contributed by atoms with Gasteiger partial charge in [-0.3, -0.25) is 9.59 Å². The van der Waals surface area contributed by atoms with E-state index >= 15 is 0 Å². The van der Waals surface area contributed by atoms with E-state index in [1.165, 1.54) is 5.54 Å². The van der Waals surface area contributed by atoms with Crippen molar-refractivity contribution in [2.45, 2.75) is 18.9 Å². The Balaban J connectivity index is 2.47. The summed E-state index contributed by atoms with van der Waals surface area (Å²) in [5.74, 6) is -0.548. The molecule has 0 aromatic heterocycles. The molecule has 0 saturated heterocycles. The average Bonchev–Trinajstić information content (AvgIpc) is 2.50. The van der Waals surface area contributed by atoms with Crippen LogP contribution in [0.2, 0.25) is 0 Å². The van der Waals surface area contributed by atoms with Crippen molar-refractivity contribution in [1.29, 1.82) is 0 Å². The molecule has 0 aliphatic heterocycles. The number of hydrogen-bond donors (Lipinski definition) is 4. The first-order valence-corrected chi connectivity index (χ1v) is 6.93. The number of nitrogens with one attached hydrogen (secondary N) is 2. The number of carbonyl (C=O) groups excluding carboxylic acids is 2. The summed E-state index contributed by atoms with van der Waals surface area (Å²) < 4.78 is 0. The number of carbonyl (C=O) groups is 2. The van der Waals surface area contributed by atoms with Gasteiger partial charge in [0.25, 0.3) is 5.91 Å². The van der Waals surface area contributed by atoms with E-state index in [0.717, 1.165) is 0 Å². The van der Waals surface area contributed by atoms with Gasteiger partial charge in [0.15, 0.2) is 0 Å². The van der Waals surface area contributed by atoms with Gasteiger partial charge in [-0.05, 0) is 25.0 Å². The van der Waals surface area contributed by atoms with Crippen LogP contribution >= 0.6 is 11.6 Å². The van der Waals surface area contributed by atoms with Crippen molar-refractivity contribution in [3.05, 3.63) is 47.3 Å². The highest BCUT2D eigenvalue weighted by atomic mass is 35.5. The van der Waals surface area contributed by atoms with Crippen LogP contribution in [0, 0.1) is 0 Å². The molecule has 6 N–H and O–H groups in total. The second kappa shape index (κ2) is 8.86. The van der Waals surface area contributed by atoms with Gasteiger partial charge in [-0.25, -0.2) is 0 Å². The van der Waals surface area contributed by atoms with Crippen molar-refractivity contribution >= 4 is 23.4 Å². The van der Waals surface area contributed by atoms with E-state index in [9.17, 15) is 9.59 Å². The van der Waals surface area contributed by atoms with E-state index in [4.69, 9.17) is 23.1 Å². The van der Waals surface area contributed by atoms with E-state index in [-0.39, 0.29) is 5.91 Å². The van der Waals surface area contributed by atoms with Crippen LogP contribution in [0.1, 0.15) is 23.2 Å². The predicted octanol–water partition coefficient (Wildman–Crippen LogP) is 0.637. The molecule has 0 spiro atoms. The monoisotopic (exact) mass is 310 g/mol. The second-order valence-electron chi connectivity index (χ2n) is 4.43. The maximum atomic E-state index is 12.0. The summed E-state index contributed by atoms with van der Waals surface area (Å²) in [6.45, 7) is 0.528. The van der Waals surface area contributed by atoms with Crippen molar-refractivity contribution in [3.63, 3.8) is 0 Å². The first kappa shape index (κ1) is 16.8. The van der Waals surface area contributed by atoms with Crippen LogP contribution < -0.4 is 22.1 Å². The largest absolute Gasteiger partial charge is 0.385 e. The molecule has 0 aliphatic rings. The molecule has 1 rings (SSSR count). The van der Waals surface area contributed by atoms with Crippen molar-refractivity contribution < 1.29 is 9.59 Å². The summed E-state index contributed by atoms with van der Waals surface area (Å²) >= 11 is 5.40. The number of rotatable bonds is 8. The summed E-state index contributed by atoms with van der Waals surface area (Å²) in [4.78, 5) is 23.3. The Morgan fingerprint density at radius 3 is 2.48 bits per heavy atom. The second-order valence-corrected chi connectivity index (χ2v) is 4.65. The number of amides is 2. The standard InChI is InChI=1S/C14H19ClN4O2/c15-9-12(16)18-8-4-7-11(13(17)20)19-14(21)10-5-2-1-3-6-10/h1-3,5-6,9,11,18H,4,7-8,16H2,(H2,17,20)(H,19,21)/b12-9+/t11-/m0/s1. The molecular weight excluding hydrogens is 292 g/mol. The minimum absolute atomic E-state index is 0.326. The van der Waals surface area contributed by atoms with Crippen molar-refractivity contribution in [3.8, 4) is 0 Å². The molecule has 0 aliphatic carbocycles. The summed E-state index contributed by atoms with van der Waals surface area (Å²) in [5, 5.41) is 5.48. The van der Waals surface area contributed by atoms with E-state index < -0.39 is 11.9 Å². The molecule has 0 heterocycles. The van der Waals surface area contributed by atoms with Gasteiger partial charge in [-0.1, -0.05) is 29.8 Å². The van der Waals surface area contributed by atoms with Crippen LogP contribution in [0.3, 0.4) is 0 Å². The van der Waals surface area contributed by atoms with Gasteiger partial charge in [0.1, 0.15) is 11.9 Å². The summed E-state index contributed by atoms with van der Waals surface area (Å²) in [5.41, 5.74) is 12.5. The minimum Gasteiger partial charge on any atom is -0.385 e. The van der Waals surface area contributed by atoms with Gasteiger partial charge < -0.3 is 22.1 Å². The third-order valence-corrected chi connectivity index (χ3v) is 3.04. The first-order valence-electron chi connectivity index (χ1n) is 6.49. The number of hydrogen-bond acceptors (Lipinski definition) is 4. The molecule has 114 valence electrons. The quantitative estimate of drug-likeness (QED) is 0.528. The number of nitrogens with two attached hydrogens (primary N) is 2. The highest BCUT2D eigenvalue weighted by molar-refractivity contribution is 6.25. The van der Waals surface area contributed by atoms with Gasteiger partial charge in [0, 0.05) is 17.6 Å². The van der Waals surface area contributed by atoms with Gasteiger partial charge in [0.2, 0.25) is 5.91 Å². The minimum atomic E-state index is -0.722. The molecular formula is C14H19ClN4O2. The Bertz CT molecular complexity index is 505. The Morgan fingerprint density at radius 2 is 1.90 bits per heavy atom. The molecule has 6 nitrogen and oxygen atoms in total. The zero-order valence-corrected chi connectivity index (χ0v) is 12.3. The molecule has 1 aromatic carbocycles. The third kappa shape index (κ3) is 6.18. The van der Waals surface area contributed by atoms with Crippen molar-refractivity contribution in [2.75, 3.05) is 6.54 Å². The van der Waals surface area contributed by atoms with E-state index in [2.05, 4.69) is 10.6 Å². The molecule has 1 atom stereocenters. The van der Waals surface area contributed by atoms with Crippen molar-refractivity contribution in [2.24, 2.45) is 11.5 Å². The lowest BCUT2D eigenvalue weighted by Gasteiger charge is -2.15. The highest BCUT2D eigenvalue weighted by Gasteiger charge is 2.18. The molecule has 21 heavy (non-hydrogen) atoms. The Morgan fingerprint density at radius 1 is 1.24 bits per heavy atom. The van der Waals surface area contributed by atoms with Gasteiger partial charge >= 0.3 is 0 Å². The lowest BCUT2D eigenvalue weighted by atomic mass is 10.1. The van der Waals surface area contributed by atoms with Gasteiger partial charge in [-0.2, -0.15) is 0 Å². The van der Waals surface area contributed by atoms with Crippen LogP contribution in [-0.2, 0) is 4.79 Å². The average molecular weight is 311 g/mol. The lowest BCUT2D eigenvalue weighted by molar-refractivity contribution is -0.120. The van der Waals surface area contributed by atoms with Gasteiger partial charge in [-0.15, -0.1) is 0 Å². The van der Waals surface area contributed by atoms with Gasteiger partial charge in [0.05, 0.1) is 0 Å². The van der Waals surface area contributed by atoms with E-state index in [0.29, 0.717) is 30.8 Å². The lowest BCUT2D eigenvalue weighted by Crippen LogP contribution is -2.44. The Hall–Kier alpha value is -2.21. The summed E-state index contributed by atoms with van der Waals surface area (Å²) in [6.07, 6.45) is 1.02. The maximum absolute atomic E-state index is 12.0.